The Bertz CT molecular complexity index is 392. The molecule has 64 valence electrons. The minimum Gasteiger partial charge on any atom is -0.459 e. The van der Waals surface area contributed by atoms with Crippen molar-refractivity contribution in [1.29, 1.82) is 0 Å². The first kappa shape index (κ1) is 7.69. The summed E-state index contributed by atoms with van der Waals surface area (Å²) >= 11 is 0. The number of carbonyl (C=O) groups is 1. The van der Waals surface area contributed by atoms with Crippen LogP contribution in [0, 0.1) is 12.3 Å². The summed E-state index contributed by atoms with van der Waals surface area (Å²) in [6.45, 7) is 0. The number of fused-ring (bicyclic) bond motifs is 1. The summed E-state index contributed by atoms with van der Waals surface area (Å²) in [5, 5.41) is 2.52. The van der Waals surface area contributed by atoms with Crippen LogP contribution in [0.1, 0.15) is 10.4 Å². The SMILES string of the molecule is C#CC1NC(=O)c2ccccc2O1. The molecule has 0 bridgehead atoms. The van der Waals surface area contributed by atoms with Crippen LogP contribution in [-0.2, 0) is 0 Å². The van der Waals surface area contributed by atoms with Gasteiger partial charge >= 0.3 is 0 Å². The Morgan fingerprint density at radius 3 is 3.00 bits per heavy atom. The normalized spacial score (nSPS) is 19.3. The molecular formula is C10H7NO2. The Morgan fingerprint density at radius 1 is 1.46 bits per heavy atom. The molecule has 0 aromatic heterocycles. The van der Waals surface area contributed by atoms with Gasteiger partial charge < -0.3 is 10.1 Å². The third-order valence-corrected chi connectivity index (χ3v) is 1.79. The molecule has 0 saturated carbocycles. The molecule has 1 aromatic carbocycles. The molecule has 0 spiro atoms. The highest BCUT2D eigenvalue weighted by molar-refractivity contribution is 5.98. The van der Waals surface area contributed by atoms with Crippen molar-refractivity contribution in [2.45, 2.75) is 6.23 Å². The van der Waals surface area contributed by atoms with Crippen molar-refractivity contribution < 1.29 is 9.53 Å². The molecule has 1 unspecified atom stereocenters. The first-order valence-electron chi connectivity index (χ1n) is 3.84. The molecule has 13 heavy (non-hydrogen) atoms. The Morgan fingerprint density at radius 2 is 2.23 bits per heavy atom. The third kappa shape index (κ3) is 1.23. The van der Waals surface area contributed by atoms with E-state index in [0.717, 1.165) is 0 Å². The number of amides is 1. The fraction of sp³-hybridized carbons (Fsp3) is 0.100. The number of hydrogen-bond donors (Lipinski definition) is 1. The van der Waals surface area contributed by atoms with Crippen molar-refractivity contribution in [2.24, 2.45) is 0 Å². The number of carbonyl (C=O) groups excluding carboxylic acids is 1. The van der Waals surface area contributed by atoms with Crippen molar-refractivity contribution in [2.75, 3.05) is 0 Å². The van der Waals surface area contributed by atoms with Crippen molar-refractivity contribution in [3.63, 3.8) is 0 Å². The zero-order chi connectivity index (χ0) is 9.26. The van der Waals surface area contributed by atoms with Crippen LogP contribution in [0.5, 0.6) is 5.75 Å². The van der Waals surface area contributed by atoms with Gasteiger partial charge in [0.25, 0.3) is 5.91 Å². The molecular weight excluding hydrogens is 166 g/mol. The van der Waals surface area contributed by atoms with Gasteiger partial charge in [0, 0.05) is 0 Å². The van der Waals surface area contributed by atoms with E-state index in [0.29, 0.717) is 11.3 Å². The van der Waals surface area contributed by atoms with Crippen LogP contribution >= 0.6 is 0 Å². The number of rotatable bonds is 0. The molecule has 0 aliphatic carbocycles. The molecule has 3 heteroatoms. The maximum atomic E-state index is 11.4. The summed E-state index contributed by atoms with van der Waals surface area (Å²) in [6.07, 6.45) is 4.48. The predicted molar refractivity (Wildman–Crippen MR) is 47.2 cm³/mol. The monoisotopic (exact) mass is 173 g/mol. The second-order valence-corrected chi connectivity index (χ2v) is 2.63. The minimum absolute atomic E-state index is 0.190. The minimum atomic E-state index is -0.651. The lowest BCUT2D eigenvalue weighted by atomic mass is 10.1. The van der Waals surface area contributed by atoms with Crippen LogP contribution in [0.3, 0.4) is 0 Å². The lowest BCUT2D eigenvalue weighted by Gasteiger charge is -2.22. The van der Waals surface area contributed by atoms with Gasteiger partial charge in [0.2, 0.25) is 6.23 Å². The second kappa shape index (κ2) is 2.83. The molecule has 1 amide bonds. The van der Waals surface area contributed by atoms with E-state index in [1.54, 1.807) is 24.3 Å². The number of nitrogens with one attached hydrogen (secondary N) is 1. The van der Waals surface area contributed by atoms with E-state index in [9.17, 15) is 4.79 Å². The summed E-state index contributed by atoms with van der Waals surface area (Å²) in [7, 11) is 0. The number of benzene rings is 1. The van der Waals surface area contributed by atoms with Crippen molar-refractivity contribution in [3.8, 4) is 18.1 Å². The topological polar surface area (TPSA) is 38.3 Å². The summed E-state index contributed by atoms with van der Waals surface area (Å²) in [6, 6.07) is 6.98. The highest BCUT2D eigenvalue weighted by Gasteiger charge is 2.22. The van der Waals surface area contributed by atoms with Crippen molar-refractivity contribution in [1.82, 2.24) is 5.32 Å². The highest BCUT2D eigenvalue weighted by atomic mass is 16.5. The Balaban J connectivity index is 2.44. The van der Waals surface area contributed by atoms with Gasteiger partial charge in [-0.2, -0.15) is 0 Å². The number of para-hydroxylation sites is 1. The van der Waals surface area contributed by atoms with Crippen LogP contribution in [0.4, 0.5) is 0 Å². The van der Waals surface area contributed by atoms with Gasteiger partial charge in [0.15, 0.2) is 0 Å². The number of terminal acetylenes is 1. The molecule has 1 aliphatic rings. The van der Waals surface area contributed by atoms with Crippen LogP contribution in [0.2, 0.25) is 0 Å². The number of ether oxygens (including phenoxy) is 1. The average molecular weight is 173 g/mol. The van der Waals surface area contributed by atoms with Gasteiger partial charge in [-0.25, -0.2) is 0 Å². The fourth-order valence-corrected chi connectivity index (χ4v) is 1.19. The maximum absolute atomic E-state index is 11.4. The summed E-state index contributed by atoms with van der Waals surface area (Å²) in [4.78, 5) is 11.4. The lowest BCUT2D eigenvalue weighted by Crippen LogP contribution is -2.42. The maximum Gasteiger partial charge on any atom is 0.258 e. The van der Waals surface area contributed by atoms with E-state index >= 15 is 0 Å². The largest absolute Gasteiger partial charge is 0.459 e. The molecule has 0 saturated heterocycles. The molecule has 2 rings (SSSR count). The molecule has 0 fully saturated rings. The van der Waals surface area contributed by atoms with E-state index in [4.69, 9.17) is 11.2 Å². The van der Waals surface area contributed by atoms with Crippen LogP contribution < -0.4 is 10.1 Å². The molecule has 1 aliphatic heterocycles. The summed E-state index contributed by atoms with van der Waals surface area (Å²) in [5.41, 5.74) is 0.522. The van der Waals surface area contributed by atoms with E-state index in [1.165, 1.54) is 0 Å². The van der Waals surface area contributed by atoms with Gasteiger partial charge in [-0.05, 0) is 18.1 Å². The predicted octanol–water partition coefficient (Wildman–Crippen LogP) is 0.768. The molecule has 1 N–H and O–H groups in total. The zero-order valence-corrected chi connectivity index (χ0v) is 6.78. The summed E-state index contributed by atoms with van der Waals surface area (Å²) < 4.78 is 5.28. The van der Waals surface area contributed by atoms with Gasteiger partial charge in [-0.15, -0.1) is 6.42 Å². The Labute approximate surface area is 75.7 Å². The first-order valence-corrected chi connectivity index (χ1v) is 3.84. The van der Waals surface area contributed by atoms with Gasteiger partial charge in [0.1, 0.15) is 5.75 Å². The third-order valence-electron chi connectivity index (χ3n) is 1.79. The summed E-state index contributed by atoms with van der Waals surface area (Å²) in [5.74, 6) is 2.67. The second-order valence-electron chi connectivity index (χ2n) is 2.63. The lowest BCUT2D eigenvalue weighted by molar-refractivity contribution is 0.0833. The van der Waals surface area contributed by atoms with Crippen molar-refractivity contribution in [3.05, 3.63) is 29.8 Å². The smallest absolute Gasteiger partial charge is 0.258 e. The van der Waals surface area contributed by atoms with E-state index in [1.807, 2.05) is 0 Å². The quantitative estimate of drug-likeness (QED) is 0.588. The zero-order valence-electron chi connectivity index (χ0n) is 6.78. The van der Waals surface area contributed by atoms with Gasteiger partial charge in [0.05, 0.1) is 5.56 Å². The highest BCUT2D eigenvalue weighted by Crippen LogP contribution is 2.21. The standard InChI is InChI=1S/C10H7NO2/c1-2-9-11-10(12)7-5-3-4-6-8(7)13-9/h1,3-6,9H,(H,11,12). The van der Waals surface area contributed by atoms with Crippen LogP contribution in [0.15, 0.2) is 24.3 Å². The van der Waals surface area contributed by atoms with E-state index < -0.39 is 6.23 Å². The van der Waals surface area contributed by atoms with Crippen molar-refractivity contribution >= 4 is 5.91 Å². The van der Waals surface area contributed by atoms with Crippen LogP contribution in [0.25, 0.3) is 0 Å². The van der Waals surface area contributed by atoms with E-state index in [2.05, 4.69) is 11.2 Å². The average Bonchev–Trinajstić information content (AvgIpc) is 2.18. The van der Waals surface area contributed by atoms with E-state index in [-0.39, 0.29) is 5.91 Å². The molecule has 3 nitrogen and oxygen atoms in total. The Kier molecular flexibility index (Phi) is 1.67. The number of hydrogen-bond acceptors (Lipinski definition) is 2. The molecule has 1 atom stereocenters. The van der Waals surface area contributed by atoms with Crippen LogP contribution in [-0.4, -0.2) is 12.1 Å². The molecule has 1 aromatic rings. The first-order chi connectivity index (χ1) is 6.31. The van der Waals surface area contributed by atoms with Gasteiger partial charge in [-0.1, -0.05) is 12.1 Å². The Hall–Kier alpha value is -1.95. The molecule has 1 heterocycles. The molecule has 0 radical (unpaired) electrons. The van der Waals surface area contributed by atoms with Gasteiger partial charge in [-0.3, -0.25) is 4.79 Å². The fourth-order valence-electron chi connectivity index (χ4n) is 1.19.